The molecule has 5 rings (SSSR count). The number of nitrogens with one attached hydrogen (secondary N) is 1. The number of amides is 1. The summed E-state index contributed by atoms with van der Waals surface area (Å²) < 4.78 is 5.56. The van der Waals surface area contributed by atoms with Gasteiger partial charge in [0.05, 0.1) is 11.1 Å². The number of fused-ring (bicyclic) bond motifs is 2. The van der Waals surface area contributed by atoms with Crippen LogP contribution in [0.15, 0.2) is 72.8 Å². The van der Waals surface area contributed by atoms with Gasteiger partial charge in [-0.05, 0) is 42.7 Å². The van der Waals surface area contributed by atoms with Crippen LogP contribution >= 0.6 is 0 Å². The lowest BCUT2D eigenvalue weighted by Crippen LogP contribution is -2.32. The molecule has 0 spiro atoms. The zero-order valence-corrected chi connectivity index (χ0v) is 20.6. The third kappa shape index (κ3) is 5.14. The van der Waals surface area contributed by atoms with E-state index in [1.807, 2.05) is 74.5 Å². The molecule has 36 heavy (non-hydrogen) atoms. The molecule has 0 unspecified atom stereocenters. The number of anilines is 1. The van der Waals surface area contributed by atoms with Crippen molar-refractivity contribution >= 4 is 28.5 Å². The second-order valence-corrected chi connectivity index (χ2v) is 9.32. The molecule has 3 aromatic carbocycles. The summed E-state index contributed by atoms with van der Waals surface area (Å²) >= 11 is 0. The number of nitrogens with zero attached hydrogens (tertiary/aromatic N) is 2. The third-order valence-electron chi connectivity index (χ3n) is 6.58. The van der Waals surface area contributed by atoms with Crippen molar-refractivity contribution in [1.82, 2.24) is 9.88 Å². The second-order valence-electron chi connectivity index (χ2n) is 9.32. The van der Waals surface area contributed by atoms with Gasteiger partial charge in [0.25, 0.3) is 5.91 Å². The van der Waals surface area contributed by atoms with Crippen molar-refractivity contribution in [3.63, 3.8) is 0 Å². The first-order valence-corrected chi connectivity index (χ1v) is 12.2. The first kappa shape index (κ1) is 23.7. The van der Waals surface area contributed by atoms with Crippen LogP contribution in [0.1, 0.15) is 38.3 Å². The Hall–Kier alpha value is -4.03. The summed E-state index contributed by atoms with van der Waals surface area (Å²) in [7, 11) is 0. The number of aryl methyl sites for hydroxylation is 2. The fourth-order valence-corrected chi connectivity index (χ4v) is 4.72. The van der Waals surface area contributed by atoms with Crippen LogP contribution in [0.2, 0.25) is 0 Å². The molecule has 1 aromatic heterocycles. The number of ether oxygens (including phenoxy) is 1. The largest absolute Gasteiger partial charge is 0.452 e. The lowest BCUT2D eigenvalue weighted by Gasteiger charge is -2.30. The Labute approximate surface area is 210 Å². The first-order chi connectivity index (χ1) is 17.5. The van der Waals surface area contributed by atoms with Gasteiger partial charge in [0.1, 0.15) is 0 Å². The molecule has 6 heteroatoms. The minimum absolute atomic E-state index is 0.356. The number of hydrogen-bond acceptors (Lipinski definition) is 5. The number of carbonyl (C=O) groups excluding carboxylic acids is 2. The van der Waals surface area contributed by atoms with Crippen LogP contribution in [0.3, 0.4) is 0 Å². The summed E-state index contributed by atoms with van der Waals surface area (Å²) in [5.41, 5.74) is 7.02. The lowest BCUT2D eigenvalue weighted by atomic mass is 9.95. The van der Waals surface area contributed by atoms with Gasteiger partial charge in [-0.25, -0.2) is 4.79 Å². The van der Waals surface area contributed by atoms with Gasteiger partial charge in [-0.3, -0.25) is 14.7 Å². The smallest absolute Gasteiger partial charge is 0.339 e. The summed E-state index contributed by atoms with van der Waals surface area (Å²) in [6.07, 6.45) is 0.750. The zero-order chi connectivity index (χ0) is 25.1. The Balaban J connectivity index is 1.38. The van der Waals surface area contributed by atoms with Crippen molar-refractivity contribution in [1.29, 1.82) is 0 Å². The van der Waals surface area contributed by atoms with Gasteiger partial charge in [0.15, 0.2) is 6.61 Å². The predicted octanol–water partition coefficient (Wildman–Crippen LogP) is 5.21. The van der Waals surface area contributed by atoms with Crippen molar-refractivity contribution in [3.05, 3.63) is 106 Å². The average Bonchev–Trinajstić information content (AvgIpc) is 2.88. The van der Waals surface area contributed by atoms with Gasteiger partial charge in [0.2, 0.25) is 0 Å². The van der Waals surface area contributed by atoms with Crippen LogP contribution in [0.4, 0.5) is 5.69 Å². The zero-order valence-electron chi connectivity index (χ0n) is 20.6. The Morgan fingerprint density at radius 1 is 1.00 bits per heavy atom. The molecule has 6 nitrogen and oxygen atoms in total. The number of esters is 1. The highest BCUT2D eigenvalue weighted by atomic mass is 16.5. The van der Waals surface area contributed by atoms with E-state index >= 15 is 0 Å². The second kappa shape index (κ2) is 10.3. The van der Waals surface area contributed by atoms with Crippen LogP contribution in [0.5, 0.6) is 0 Å². The molecule has 1 aliphatic heterocycles. The third-order valence-corrected chi connectivity index (χ3v) is 6.58. The number of para-hydroxylation sites is 1. The highest BCUT2D eigenvalue weighted by molar-refractivity contribution is 6.06. The summed E-state index contributed by atoms with van der Waals surface area (Å²) in [5.74, 6) is -0.863. The monoisotopic (exact) mass is 479 g/mol. The standard InChI is InChI=1S/C30H29N3O3/c1-20-12-13-21(2)27(16-20)32-28(34)19-36-30(35)29-23-10-6-7-11-25(23)31-26-14-15-33(18-24(26)29)17-22-8-4-3-5-9-22/h3-13,16H,14-15,17-19H2,1-2H3,(H,32,34). The quantitative estimate of drug-likeness (QED) is 0.385. The SMILES string of the molecule is Cc1ccc(C)c(NC(=O)COC(=O)c2c3c(nc4ccccc24)CCN(Cc2ccccc2)C3)c1. The van der Waals surface area contributed by atoms with E-state index in [0.717, 1.165) is 58.5 Å². The van der Waals surface area contributed by atoms with Crippen molar-refractivity contribution in [2.75, 3.05) is 18.5 Å². The van der Waals surface area contributed by atoms with Crippen molar-refractivity contribution in [3.8, 4) is 0 Å². The van der Waals surface area contributed by atoms with E-state index in [9.17, 15) is 9.59 Å². The van der Waals surface area contributed by atoms with Gasteiger partial charge in [-0.2, -0.15) is 0 Å². The number of rotatable bonds is 6. The molecule has 0 fully saturated rings. The Kier molecular flexibility index (Phi) is 6.78. The predicted molar refractivity (Wildman–Crippen MR) is 141 cm³/mol. The van der Waals surface area contributed by atoms with Crippen LogP contribution in [-0.4, -0.2) is 34.9 Å². The van der Waals surface area contributed by atoms with Crippen LogP contribution in [0, 0.1) is 13.8 Å². The van der Waals surface area contributed by atoms with Gasteiger partial charge >= 0.3 is 5.97 Å². The number of aromatic nitrogens is 1. The van der Waals surface area contributed by atoms with Gasteiger partial charge < -0.3 is 10.1 Å². The maximum absolute atomic E-state index is 13.4. The molecule has 0 atom stereocenters. The van der Waals surface area contributed by atoms with Crippen molar-refractivity contribution in [2.24, 2.45) is 0 Å². The molecule has 1 N–H and O–H groups in total. The molecule has 2 heterocycles. The molecule has 0 saturated heterocycles. The topological polar surface area (TPSA) is 71.5 Å². The number of pyridine rings is 1. The fraction of sp³-hybridized carbons (Fsp3) is 0.233. The molecular formula is C30H29N3O3. The van der Waals surface area contributed by atoms with E-state index in [-0.39, 0.29) is 12.5 Å². The Bertz CT molecular complexity index is 1430. The highest BCUT2D eigenvalue weighted by Gasteiger charge is 2.27. The number of hydrogen-bond donors (Lipinski definition) is 1. The molecule has 0 radical (unpaired) electrons. The van der Waals surface area contributed by atoms with E-state index in [0.29, 0.717) is 12.1 Å². The maximum atomic E-state index is 13.4. The highest BCUT2D eigenvalue weighted by Crippen LogP contribution is 2.29. The van der Waals surface area contributed by atoms with Crippen LogP contribution in [-0.2, 0) is 29.0 Å². The van der Waals surface area contributed by atoms with E-state index in [4.69, 9.17) is 9.72 Å². The van der Waals surface area contributed by atoms with Crippen molar-refractivity contribution < 1.29 is 14.3 Å². The van der Waals surface area contributed by atoms with Crippen LogP contribution in [0.25, 0.3) is 10.9 Å². The van der Waals surface area contributed by atoms with Crippen molar-refractivity contribution in [2.45, 2.75) is 33.4 Å². The Morgan fingerprint density at radius 3 is 2.61 bits per heavy atom. The first-order valence-electron chi connectivity index (χ1n) is 12.2. The molecule has 1 amide bonds. The van der Waals surface area contributed by atoms with E-state index < -0.39 is 5.97 Å². The number of benzene rings is 3. The summed E-state index contributed by atoms with van der Waals surface area (Å²) in [6, 6.07) is 23.8. The molecule has 4 aromatic rings. The summed E-state index contributed by atoms with van der Waals surface area (Å²) in [6.45, 7) is 5.79. The molecular weight excluding hydrogens is 450 g/mol. The summed E-state index contributed by atoms with van der Waals surface area (Å²) in [5, 5.41) is 3.60. The minimum atomic E-state index is -0.498. The van der Waals surface area contributed by atoms with Gasteiger partial charge in [0, 0.05) is 48.4 Å². The van der Waals surface area contributed by atoms with Gasteiger partial charge in [-0.15, -0.1) is 0 Å². The fourth-order valence-electron chi connectivity index (χ4n) is 4.72. The number of carbonyl (C=O) groups is 2. The lowest BCUT2D eigenvalue weighted by molar-refractivity contribution is -0.119. The average molecular weight is 480 g/mol. The molecule has 0 bridgehead atoms. The Morgan fingerprint density at radius 2 is 1.78 bits per heavy atom. The van der Waals surface area contributed by atoms with E-state index in [1.54, 1.807) is 0 Å². The van der Waals surface area contributed by atoms with E-state index in [1.165, 1.54) is 5.56 Å². The normalized spacial score (nSPS) is 13.3. The maximum Gasteiger partial charge on any atom is 0.339 e. The molecule has 1 aliphatic rings. The molecule has 0 saturated carbocycles. The van der Waals surface area contributed by atoms with Crippen LogP contribution < -0.4 is 5.32 Å². The van der Waals surface area contributed by atoms with Gasteiger partial charge in [-0.1, -0.05) is 60.7 Å². The van der Waals surface area contributed by atoms with E-state index in [2.05, 4.69) is 22.3 Å². The molecule has 0 aliphatic carbocycles. The summed E-state index contributed by atoms with van der Waals surface area (Å²) in [4.78, 5) is 33.2. The minimum Gasteiger partial charge on any atom is -0.452 e. The molecule has 182 valence electrons.